The van der Waals surface area contributed by atoms with Crippen molar-refractivity contribution in [2.75, 3.05) is 6.54 Å². The zero-order valence-electron chi connectivity index (χ0n) is 9.28. The first-order chi connectivity index (χ1) is 7.39. The Morgan fingerprint density at radius 2 is 1.80 bits per heavy atom. The summed E-state index contributed by atoms with van der Waals surface area (Å²) in [6.07, 6.45) is 7.18. The van der Waals surface area contributed by atoms with E-state index in [2.05, 4.69) is 35.2 Å². The summed E-state index contributed by atoms with van der Waals surface area (Å²) in [6.45, 7) is 2.48. The van der Waals surface area contributed by atoms with Crippen LogP contribution in [0.3, 0.4) is 0 Å². The zero-order chi connectivity index (χ0) is 10.1. The van der Waals surface area contributed by atoms with Crippen LogP contribution in [0.5, 0.6) is 0 Å². The van der Waals surface area contributed by atoms with Crippen molar-refractivity contribution in [1.29, 1.82) is 0 Å². The molecule has 0 bridgehead atoms. The third-order valence-corrected chi connectivity index (χ3v) is 4.03. The van der Waals surface area contributed by atoms with Crippen molar-refractivity contribution in [3.05, 3.63) is 35.9 Å². The van der Waals surface area contributed by atoms with Gasteiger partial charge in [-0.25, -0.2) is 0 Å². The van der Waals surface area contributed by atoms with Crippen molar-refractivity contribution in [1.82, 2.24) is 4.90 Å². The van der Waals surface area contributed by atoms with E-state index in [1.54, 1.807) is 0 Å². The minimum atomic E-state index is 0.633. The monoisotopic (exact) mass is 201 g/mol. The summed E-state index contributed by atoms with van der Waals surface area (Å²) in [5, 5.41) is 0. The van der Waals surface area contributed by atoms with E-state index in [9.17, 15) is 0 Å². The zero-order valence-corrected chi connectivity index (χ0v) is 9.28. The number of likely N-dealkylation sites (tertiary alicyclic amines) is 1. The molecule has 1 saturated heterocycles. The summed E-state index contributed by atoms with van der Waals surface area (Å²) in [5.74, 6) is 0. The van der Waals surface area contributed by atoms with Crippen LogP contribution >= 0.6 is 0 Å². The van der Waals surface area contributed by atoms with Gasteiger partial charge < -0.3 is 0 Å². The lowest BCUT2D eigenvalue weighted by molar-refractivity contribution is 0.121. The molecule has 0 unspecified atom stereocenters. The van der Waals surface area contributed by atoms with Crippen molar-refractivity contribution < 1.29 is 0 Å². The van der Waals surface area contributed by atoms with E-state index >= 15 is 0 Å². The lowest BCUT2D eigenvalue weighted by Gasteiger charge is -2.36. The van der Waals surface area contributed by atoms with Gasteiger partial charge in [-0.2, -0.15) is 0 Å². The lowest BCUT2D eigenvalue weighted by atomic mass is 9.99. The van der Waals surface area contributed by atoms with E-state index < -0.39 is 0 Å². The Kier molecular flexibility index (Phi) is 2.28. The molecule has 0 atom stereocenters. The van der Waals surface area contributed by atoms with Gasteiger partial charge in [0.2, 0.25) is 0 Å². The van der Waals surface area contributed by atoms with Crippen molar-refractivity contribution in [3.8, 4) is 0 Å². The summed E-state index contributed by atoms with van der Waals surface area (Å²) in [4.78, 5) is 2.73. The van der Waals surface area contributed by atoms with Gasteiger partial charge in [0, 0.05) is 12.1 Å². The molecule has 1 aliphatic heterocycles. The highest BCUT2D eigenvalue weighted by Gasteiger charge is 2.48. The molecule has 3 rings (SSSR count). The molecule has 0 aromatic heterocycles. The molecule has 80 valence electrons. The van der Waals surface area contributed by atoms with Gasteiger partial charge >= 0.3 is 0 Å². The van der Waals surface area contributed by atoms with Crippen LogP contribution in [0.25, 0.3) is 0 Å². The molecule has 0 amide bonds. The van der Waals surface area contributed by atoms with E-state index in [1.165, 1.54) is 50.8 Å². The second-order valence-corrected chi connectivity index (χ2v) is 5.09. The van der Waals surface area contributed by atoms with E-state index in [1.807, 2.05) is 0 Å². The predicted octanol–water partition coefficient (Wildman–Crippen LogP) is 3.21. The van der Waals surface area contributed by atoms with Crippen LogP contribution in [-0.2, 0) is 6.54 Å². The maximum atomic E-state index is 2.73. The van der Waals surface area contributed by atoms with Crippen molar-refractivity contribution in [3.63, 3.8) is 0 Å². The topological polar surface area (TPSA) is 3.24 Å². The molecule has 0 radical (unpaired) electrons. The maximum absolute atomic E-state index is 2.73. The number of nitrogens with zero attached hydrogens (tertiary/aromatic N) is 1. The molecule has 2 fully saturated rings. The van der Waals surface area contributed by atoms with Gasteiger partial charge in [-0.3, -0.25) is 4.90 Å². The average Bonchev–Trinajstić information content (AvgIpc) is 3.04. The van der Waals surface area contributed by atoms with Crippen molar-refractivity contribution in [2.24, 2.45) is 0 Å². The molecule has 1 spiro atoms. The highest BCUT2D eigenvalue weighted by atomic mass is 15.2. The molecule has 2 aliphatic rings. The molecule has 1 heteroatoms. The minimum Gasteiger partial charge on any atom is -0.293 e. The predicted molar refractivity (Wildman–Crippen MR) is 62.7 cm³/mol. The number of hydrogen-bond donors (Lipinski definition) is 0. The highest BCUT2D eigenvalue weighted by molar-refractivity contribution is 5.16. The van der Waals surface area contributed by atoms with E-state index in [4.69, 9.17) is 0 Å². The Labute approximate surface area is 92.1 Å². The van der Waals surface area contributed by atoms with Gasteiger partial charge in [-0.1, -0.05) is 36.8 Å². The highest BCUT2D eigenvalue weighted by Crippen LogP contribution is 2.48. The minimum absolute atomic E-state index is 0.633. The molecule has 1 saturated carbocycles. The lowest BCUT2D eigenvalue weighted by Crippen LogP contribution is -2.40. The Bertz CT molecular complexity index is 326. The normalized spacial score (nSPS) is 24.3. The van der Waals surface area contributed by atoms with Gasteiger partial charge in [0.1, 0.15) is 0 Å². The molecule has 1 aromatic rings. The molecule has 1 aromatic carbocycles. The first-order valence-corrected chi connectivity index (χ1v) is 6.18. The van der Waals surface area contributed by atoms with Crippen molar-refractivity contribution >= 4 is 0 Å². The molecule has 1 nitrogen and oxygen atoms in total. The van der Waals surface area contributed by atoms with Gasteiger partial charge in [0.25, 0.3) is 0 Å². The van der Waals surface area contributed by atoms with Gasteiger partial charge in [0.05, 0.1) is 0 Å². The Morgan fingerprint density at radius 1 is 1.00 bits per heavy atom. The number of benzene rings is 1. The summed E-state index contributed by atoms with van der Waals surface area (Å²) >= 11 is 0. The van der Waals surface area contributed by atoms with Crippen LogP contribution in [0.1, 0.15) is 37.7 Å². The Balaban J connectivity index is 1.72. The van der Waals surface area contributed by atoms with Crippen LogP contribution in [0.2, 0.25) is 0 Å². The molecule has 15 heavy (non-hydrogen) atoms. The Hall–Kier alpha value is -0.820. The third kappa shape index (κ3) is 1.81. The largest absolute Gasteiger partial charge is 0.293 e. The van der Waals surface area contributed by atoms with Crippen LogP contribution in [0.15, 0.2) is 30.3 Å². The van der Waals surface area contributed by atoms with E-state index in [0.717, 1.165) is 0 Å². The quantitative estimate of drug-likeness (QED) is 0.710. The first-order valence-electron chi connectivity index (χ1n) is 6.18. The van der Waals surface area contributed by atoms with E-state index in [0.29, 0.717) is 5.54 Å². The summed E-state index contributed by atoms with van der Waals surface area (Å²) in [7, 11) is 0. The molecule has 0 N–H and O–H groups in total. The van der Waals surface area contributed by atoms with Gasteiger partial charge in [0.15, 0.2) is 0 Å². The fraction of sp³-hybridized carbons (Fsp3) is 0.571. The molecule has 1 heterocycles. The summed E-state index contributed by atoms with van der Waals surface area (Å²) < 4.78 is 0. The van der Waals surface area contributed by atoms with Crippen LogP contribution < -0.4 is 0 Å². The first kappa shape index (κ1) is 9.41. The average molecular weight is 201 g/mol. The Morgan fingerprint density at radius 3 is 2.53 bits per heavy atom. The number of rotatable bonds is 2. The van der Waals surface area contributed by atoms with Crippen LogP contribution in [-0.4, -0.2) is 17.0 Å². The van der Waals surface area contributed by atoms with Gasteiger partial charge in [-0.15, -0.1) is 0 Å². The number of hydrogen-bond acceptors (Lipinski definition) is 1. The second-order valence-electron chi connectivity index (χ2n) is 5.09. The molecule has 1 aliphatic carbocycles. The maximum Gasteiger partial charge on any atom is 0.0239 e. The fourth-order valence-electron chi connectivity index (χ4n) is 2.91. The van der Waals surface area contributed by atoms with Crippen molar-refractivity contribution in [2.45, 2.75) is 44.2 Å². The second kappa shape index (κ2) is 3.64. The number of piperidine rings is 1. The third-order valence-electron chi connectivity index (χ3n) is 4.03. The summed E-state index contributed by atoms with van der Waals surface area (Å²) in [5.41, 5.74) is 2.11. The van der Waals surface area contributed by atoms with E-state index in [-0.39, 0.29) is 0 Å². The fourth-order valence-corrected chi connectivity index (χ4v) is 2.91. The standard InChI is InChI=1S/C14H19N/c1-2-6-13(7-3-1)12-15-11-5-4-8-14(15)9-10-14/h1-3,6-7H,4-5,8-12H2. The smallest absolute Gasteiger partial charge is 0.0239 e. The van der Waals surface area contributed by atoms with Gasteiger partial charge in [-0.05, 0) is 37.8 Å². The molecular weight excluding hydrogens is 182 g/mol. The van der Waals surface area contributed by atoms with Crippen LogP contribution in [0, 0.1) is 0 Å². The van der Waals surface area contributed by atoms with Crippen LogP contribution in [0.4, 0.5) is 0 Å². The SMILES string of the molecule is c1ccc(CN2CCCCC23CC3)cc1. The molecular formula is C14H19N. The summed E-state index contributed by atoms with van der Waals surface area (Å²) in [6, 6.07) is 10.9.